The summed E-state index contributed by atoms with van der Waals surface area (Å²) in [5, 5.41) is 9.00. The van der Waals surface area contributed by atoms with Crippen molar-refractivity contribution in [3.63, 3.8) is 0 Å². The Morgan fingerprint density at radius 3 is 2.83 bits per heavy atom. The molecule has 0 atom stereocenters. The van der Waals surface area contributed by atoms with Gasteiger partial charge in [0.1, 0.15) is 5.82 Å². The molecule has 2 aromatic carbocycles. The Morgan fingerprint density at radius 1 is 1.08 bits per heavy atom. The van der Waals surface area contributed by atoms with Crippen molar-refractivity contribution in [3.8, 4) is 6.07 Å². The Kier molecular flexibility index (Phi) is 3.51. The van der Waals surface area contributed by atoms with Crippen molar-refractivity contribution in [3.05, 3.63) is 65.5 Å². The molecule has 1 amide bonds. The summed E-state index contributed by atoms with van der Waals surface area (Å²) in [6.45, 7) is 2.02. The highest BCUT2D eigenvalue weighted by Crippen LogP contribution is 2.19. The second-order valence-electron chi connectivity index (χ2n) is 5.90. The molecule has 24 heavy (non-hydrogen) atoms. The normalized spacial score (nSPS) is 14.0. The SMILES string of the molecule is N#Cc1cccc(C(=O)N2CCc3nc4ccccc4n3CC2)c1. The molecule has 0 aliphatic carbocycles. The maximum atomic E-state index is 12.7. The van der Waals surface area contributed by atoms with E-state index in [1.807, 2.05) is 23.1 Å². The van der Waals surface area contributed by atoms with Gasteiger partial charge in [-0.05, 0) is 30.3 Å². The zero-order valence-corrected chi connectivity index (χ0v) is 13.1. The van der Waals surface area contributed by atoms with Crippen LogP contribution in [0.15, 0.2) is 48.5 Å². The molecule has 2 heterocycles. The van der Waals surface area contributed by atoms with Crippen molar-refractivity contribution in [2.45, 2.75) is 13.0 Å². The van der Waals surface area contributed by atoms with Crippen molar-refractivity contribution in [1.82, 2.24) is 14.5 Å². The summed E-state index contributed by atoms with van der Waals surface area (Å²) >= 11 is 0. The molecule has 0 saturated carbocycles. The van der Waals surface area contributed by atoms with E-state index < -0.39 is 0 Å². The summed E-state index contributed by atoms with van der Waals surface area (Å²) < 4.78 is 2.20. The van der Waals surface area contributed by atoms with Crippen LogP contribution in [0, 0.1) is 11.3 Å². The Morgan fingerprint density at radius 2 is 1.96 bits per heavy atom. The van der Waals surface area contributed by atoms with Gasteiger partial charge in [0.15, 0.2) is 0 Å². The summed E-state index contributed by atoms with van der Waals surface area (Å²) in [7, 11) is 0. The lowest BCUT2D eigenvalue weighted by Crippen LogP contribution is -2.33. The monoisotopic (exact) mass is 316 g/mol. The number of fused-ring (bicyclic) bond motifs is 3. The zero-order chi connectivity index (χ0) is 16.5. The molecule has 5 nitrogen and oxygen atoms in total. The standard InChI is InChI=1S/C19H16N4O/c20-13-14-4-3-5-15(12-14)19(24)22-9-8-18-21-16-6-1-2-7-17(16)23(18)11-10-22/h1-7,12H,8-11H2. The summed E-state index contributed by atoms with van der Waals surface area (Å²) in [6, 6.07) is 17.1. The molecular weight excluding hydrogens is 300 g/mol. The van der Waals surface area contributed by atoms with Gasteiger partial charge in [0.05, 0.1) is 22.7 Å². The maximum Gasteiger partial charge on any atom is 0.253 e. The Balaban J connectivity index is 1.59. The second-order valence-corrected chi connectivity index (χ2v) is 5.90. The number of amides is 1. The van der Waals surface area contributed by atoms with Crippen LogP contribution in [0.2, 0.25) is 0 Å². The van der Waals surface area contributed by atoms with Crippen LogP contribution in [0.4, 0.5) is 0 Å². The minimum absolute atomic E-state index is 0.0258. The van der Waals surface area contributed by atoms with Crippen molar-refractivity contribution in [1.29, 1.82) is 5.26 Å². The summed E-state index contributed by atoms with van der Waals surface area (Å²) in [5.74, 6) is 0.999. The predicted molar refractivity (Wildman–Crippen MR) is 90.5 cm³/mol. The highest BCUT2D eigenvalue weighted by molar-refractivity contribution is 5.94. The molecule has 1 aliphatic rings. The number of nitrogens with zero attached hydrogens (tertiary/aromatic N) is 4. The van der Waals surface area contributed by atoms with Crippen molar-refractivity contribution < 1.29 is 4.79 Å². The fraction of sp³-hybridized carbons (Fsp3) is 0.211. The molecule has 4 rings (SSSR count). The number of hydrogen-bond acceptors (Lipinski definition) is 3. The molecule has 0 N–H and O–H groups in total. The smallest absolute Gasteiger partial charge is 0.253 e. The third kappa shape index (κ3) is 2.42. The van der Waals surface area contributed by atoms with E-state index in [-0.39, 0.29) is 5.91 Å². The molecule has 0 unspecified atom stereocenters. The minimum Gasteiger partial charge on any atom is -0.336 e. The molecule has 0 bridgehead atoms. The van der Waals surface area contributed by atoms with E-state index in [1.165, 1.54) is 0 Å². The van der Waals surface area contributed by atoms with Gasteiger partial charge in [-0.15, -0.1) is 0 Å². The number of nitriles is 1. The van der Waals surface area contributed by atoms with Crippen LogP contribution < -0.4 is 0 Å². The van der Waals surface area contributed by atoms with E-state index in [0.717, 1.165) is 29.8 Å². The van der Waals surface area contributed by atoms with Gasteiger partial charge >= 0.3 is 0 Å². The molecule has 5 heteroatoms. The van der Waals surface area contributed by atoms with Gasteiger partial charge in [-0.1, -0.05) is 18.2 Å². The summed E-state index contributed by atoms with van der Waals surface area (Å²) in [5.41, 5.74) is 3.20. The minimum atomic E-state index is -0.0258. The van der Waals surface area contributed by atoms with Gasteiger partial charge < -0.3 is 9.47 Å². The Bertz CT molecular complexity index is 967. The van der Waals surface area contributed by atoms with Crippen LogP contribution in [-0.2, 0) is 13.0 Å². The van der Waals surface area contributed by atoms with Crippen LogP contribution in [0.5, 0.6) is 0 Å². The molecule has 3 aromatic rings. The largest absolute Gasteiger partial charge is 0.336 e. The predicted octanol–water partition coefficient (Wildman–Crippen LogP) is 2.61. The molecule has 118 valence electrons. The first-order chi connectivity index (χ1) is 11.8. The van der Waals surface area contributed by atoms with Crippen LogP contribution in [0.1, 0.15) is 21.7 Å². The molecule has 1 aromatic heterocycles. The number of aromatic nitrogens is 2. The van der Waals surface area contributed by atoms with Crippen LogP contribution in [0.3, 0.4) is 0 Å². The fourth-order valence-electron chi connectivity index (χ4n) is 3.24. The molecule has 0 saturated heterocycles. The van der Waals surface area contributed by atoms with Gasteiger partial charge in [0.2, 0.25) is 0 Å². The van der Waals surface area contributed by atoms with Crippen molar-refractivity contribution in [2.75, 3.05) is 13.1 Å². The lowest BCUT2D eigenvalue weighted by Gasteiger charge is -2.20. The molecule has 1 aliphatic heterocycles. The fourth-order valence-corrected chi connectivity index (χ4v) is 3.24. The quantitative estimate of drug-likeness (QED) is 0.693. The van der Waals surface area contributed by atoms with E-state index in [2.05, 4.69) is 21.7 Å². The van der Waals surface area contributed by atoms with Gasteiger partial charge in [-0.3, -0.25) is 4.79 Å². The third-order valence-corrected chi connectivity index (χ3v) is 4.46. The van der Waals surface area contributed by atoms with Gasteiger partial charge in [0, 0.05) is 31.6 Å². The number of hydrogen-bond donors (Lipinski definition) is 0. The zero-order valence-electron chi connectivity index (χ0n) is 13.1. The highest BCUT2D eigenvalue weighted by Gasteiger charge is 2.21. The maximum absolute atomic E-state index is 12.7. The molecular formula is C19H16N4O. The number of para-hydroxylation sites is 2. The summed E-state index contributed by atoms with van der Waals surface area (Å²) in [4.78, 5) is 19.3. The first kappa shape index (κ1) is 14.5. The van der Waals surface area contributed by atoms with E-state index in [1.54, 1.807) is 24.3 Å². The molecule has 0 fully saturated rings. The van der Waals surface area contributed by atoms with Crippen molar-refractivity contribution >= 4 is 16.9 Å². The van der Waals surface area contributed by atoms with Crippen LogP contribution in [-0.4, -0.2) is 33.4 Å². The first-order valence-corrected chi connectivity index (χ1v) is 8.00. The van der Waals surface area contributed by atoms with Gasteiger partial charge in [-0.2, -0.15) is 5.26 Å². The highest BCUT2D eigenvalue weighted by atomic mass is 16.2. The number of imidazole rings is 1. The third-order valence-electron chi connectivity index (χ3n) is 4.46. The Labute approximate surface area is 139 Å². The average molecular weight is 316 g/mol. The number of rotatable bonds is 1. The first-order valence-electron chi connectivity index (χ1n) is 8.00. The molecule has 0 radical (unpaired) electrons. The van der Waals surface area contributed by atoms with E-state index in [4.69, 9.17) is 5.26 Å². The lowest BCUT2D eigenvalue weighted by atomic mass is 10.1. The van der Waals surface area contributed by atoms with Crippen molar-refractivity contribution in [2.24, 2.45) is 0 Å². The van der Waals surface area contributed by atoms with E-state index in [0.29, 0.717) is 24.2 Å². The van der Waals surface area contributed by atoms with Crippen LogP contribution >= 0.6 is 0 Å². The van der Waals surface area contributed by atoms with Gasteiger partial charge in [0.25, 0.3) is 5.91 Å². The number of carbonyl (C=O) groups is 1. The van der Waals surface area contributed by atoms with E-state index >= 15 is 0 Å². The van der Waals surface area contributed by atoms with Crippen LogP contribution in [0.25, 0.3) is 11.0 Å². The Hall–Kier alpha value is -3.13. The van der Waals surface area contributed by atoms with E-state index in [9.17, 15) is 4.79 Å². The second kappa shape index (κ2) is 5.82. The summed E-state index contributed by atoms with van der Waals surface area (Å²) in [6.07, 6.45) is 0.734. The molecule has 0 spiro atoms. The average Bonchev–Trinajstić information content (AvgIpc) is 2.85. The number of benzene rings is 2. The van der Waals surface area contributed by atoms with Gasteiger partial charge in [-0.25, -0.2) is 4.98 Å². The number of carbonyl (C=O) groups excluding carboxylic acids is 1. The topological polar surface area (TPSA) is 61.9 Å². The lowest BCUT2D eigenvalue weighted by molar-refractivity contribution is 0.0759.